The Kier molecular flexibility index (Phi) is 3.38. The zero-order valence-electron chi connectivity index (χ0n) is 12.0. The number of nitrogens with one attached hydrogen (secondary N) is 1. The number of carbonyl (C=O) groups excluding carboxylic acids is 1. The van der Waals surface area contributed by atoms with Crippen molar-refractivity contribution in [1.82, 2.24) is 4.90 Å². The monoisotopic (exact) mass is 316 g/mol. The molecule has 0 saturated heterocycles. The Balaban J connectivity index is 1.46. The van der Waals surface area contributed by atoms with Crippen LogP contribution in [0.4, 0.5) is 10.5 Å². The summed E-state index contributed by atoms with van der Waals surface area (Å²) in [5.74, 6) is 1.41. The molecule has 1 N–H and O–H groups in total. The van der Waals surface area contributed by atoms with Gasteiger partial charge in [-0.3, -0.25) is 0 Å². The predicted molar refractivity (Wildman–Crippen MR) is 84.9 cm³/mol. The first-order chi connectivity index (χ1) is 10.8. The zero-order valence-corrected chi connectivity index (χ0v) is 12.8. The van der Waals surface area contributed by atoms with E-state index in [4.69, 9.17) is 9.47 Å². The lowest BCUT2D eigenvalue weighted by molar-refractivity contribution is 0.171. The average Bonchev–Trinajstić information content (AvgIpc) is 3.02. The van der Waals surface area contributed by atoms with Gasteiger partial charge in [0.05, 0.1) is 0 Å². The number of anilines is 1. The fourth-order valence-electron chi connectivity index (χ4n) is 2.75. The summed E-state index contributed by atoms with van der Waals surface area (Å²) >= 11 is 1.77. The first-order valence-electron chi connectivity index (χ1n) is 7.30. The number of urea groups is 1. The van der Waals surface area contributed by atoms with E-state index >= 15 is 0 Å². The summed E-state index contributed by atoms with van der Waals surface area (Å²) in [5.41, 5.74) is 1.99. The second kappa shape index (κ2) is 5.53. The molecule has 1 aromatic carbocycles. The third-order valence-electron chi connectivity index (χ3n) is 3.89. The summed E-state index contributed by atoms with van der Waals surface area (Å²) in [6.07, 6.45) is 0.932. The molecule has 0 spiro atoms. The van der Waals surface area contributed by atoms with Crippen LogP contribution in [0, 0.1) is 0 Å². The van der Waals surface area contributed by atoms with Crippen LogP contribution in [0.15, 0.2) is 29.6 Å². The highest BCUT2D eigenvalue weighted by molar-refractivity contribution is 7.10. The van der Waals surface area contributed by atoms with Gasteiger partial charge in [0.15, 0.2) is 11.5 Å². The molecule has 1 aromatic heterocycles. The Labute approximate surface area is 132 Å². The Bertz CT molecular complexity index is 713. The second-order valence-electron chi connectivity index (χ2n) is 5.33. The number of amides is 2. The number of carbonyl (C=O) groups is 1. The highest BCUT2D eigenvalue weighted by Crippen LogP contribution is 2.33. The summed E-state index contributed by atoms with van der Waals surface area (Å²) in [5, 5.41) is 5.03. The maximum absolute atomic E-state index is 12.4. The van der Waals surface area contributed by atoms with Crippen molar-refractivity contribution < 1.29 is 14.3 Å². The first kappa shape index (κ1) is 13.5. The molecule has 6 heteroatoms. The average molecular weight is 316 g/mol. The molecule has 22 heavy (non-hydrogen) atoms. The summed E-state index contributed by atoms with van der Waals surface area (Å²) in [4.78, 5) is 15.6. The number of fused-ring (bicyclic) bond motifs is 2. The van der Waals surface area contributed by atoms with Crippen LogP contribution in [0.5, 0.6) is 11.5 Å². The number of ether oxygens (including phenoxy) is 2. The van der Waals surface area contributed by atoms with Gasteiger partial charge >= 0.3 is 6.03 Å². The fourth-order valence-corrected chi connectivity index (χ4v) is 3.64. The highest BCUT2D eigenvalue weighted by Gasteiger charge is 2.22. The Morgan fingerprint density at radius 3 is 2.95 bits per heavy atom. The van der Waals surface area contributed by atoms with Crippen LogP contribution in [0.2, 0.25) is 0 Å². The minimum Gasteiger partial charge on any atom is -0.486 e. The topological polar surface area (TPSA) is 50.8 Å². The summed E-state index contributed by atoms with van der Waals surface area (Å²) in [7, 11) is 0. The Morgan fingerprint density at radius 1 is 1.18 bits per heavy atom. The van der Waals surface area contributed by atoms with Crippen LogP contribution in [0.25, 0.3) is 0 Å². The normalized spacial score (nSPS) is 16.1. The van der Waals surface area contributed by atoms with E-state index < -0.39 is 0 Å². The van der Waals surface area contributed by atoms with Gasteiger partial charge in [-0.15, -0.1) is 11.3 Å². The molecule has 3 heterocycles. The SMILES string of the molecule is O=C(Nc1ccc2c(c1)OCCO2)N1CCc2sccc2C1. The molecule has 0 bridgehead atoms. The molecule has 0 saturated carbocycles. The van der Waals surface area contributed by atoms with Gasteiger partial charge in [-0.2, -0.15) is 0 Å². The van der Waals surface area contributed by atoms with Crippen molar-refractivity contribution in [3.05, 3.63) is 40.1 Å². The molecule has 0 fully saturated rings. The fraction of sp³-hybridized carbons (Fsp3) is 0.312. The van der Waals surface area contributed by atoms with Crippen LogP contribution in [-0.4, -0.2) is 30.7 Å². The van der Waals surface area contributed by atoms with Gasteiger partial charge in [0.2, 0.25) is 0 Å². The van der Waals surface area contributed by atoms with Gasteiger partial charge < -0.3 is 19.7 Å². The molecule has 2 aliphatic heterocycles. The molecule has 2 aromatic rings. The first-order valence-corrected chi connectivity index (χ1v) is 8.18. The van der Waals surface area contributed by atoms with Gasteiger partial charge in [-0.05, 0) is 35.6 Å². The number of rotatable bonds is 1. The Morgan fingerprint density at radius 2 is 2.05 bits per heavy atom. The van der Waals surface area contributed by atoms with E-state index in [-0.39, 0.29) is 6.03 Å². The van der Waals surface area contributed by atoms with E-state index in [0.717, 1.165) is 24.4 Å². The van der Waals surface area contributed by atoms with Crippen molar-refractivity contribution in [2.75, 3.05) is 25.1 Å². The lowest BCUT2D eigenvalue weighted by atomic mass is 10.1. The van der Waals surface area contributed by atoms with Gasteiger partial charge in [0.1, 0.15) is 13.2 Å². The minimum absolute atomic E-state index is 0.0754. The molecule has 0 unspecified atom stereocenters. The molecular formula is C16H16N2O3S. The van der Waals surface area contributed by atoms with Crippen molar-refractivity contribution in [3.8, 4) is 11.5 Å². The predicted octanol–water partition coefficient (Wildman–Crippen LogP) is 3.11. The standard InChI is InChI=1S/C16H16N2O3S/c19-16(18-5-3-15-11(10-18)4-8-22-15)17-12-1-2-13-14(9-12)21-7-6-20-13/h1-2,4,8-9H,3,5-7,10H2,(H,17,19). The quantitative estimate of drug-likeness (QED) is 0.879. The van der Waals surface area contributed by atoms with E-state index in [1.807, 2.05) is 23.1 Å². The molecule has 5 nitrogen and oxygen atoms in total. The van der Waals surface area contributed by atoms with Crippen molar-refractivity contribution in [2.45, 2.75) is 13.0 Å². The van der Waals surface area contributed by atoms with Gasteiger partial charge in [-0.25, -0.2) is 4.79 Å². The van der Waals surface area contributed by atoms with Crippen molar-refractivity contribution in [2.24, 2.45) is 0 Å². The number of benzene rings is 1. The molecule has 2 aliphatic rings. The maximum atomic E-state index is 12.4. The lowest BCUT2D eigenvalue weighted by Crippen LogP contribution is -2.38. The van der Waals surface area contributed by atoms with Gasteiger partial charge in [-0.1, -0.05) is 0 Å². The van der Waals surface area contributed by atoms with Gasteiger partial charge in [0.25, 0.3) is 0 Å². The van der Waals surface area contributed by atoms with Crippen LogP contribution in [-0.2, 0) is 13.0 Å². The molecular weight excluding hydrogens is 300 g/mol. The second-order valence-corrected chi connectivity index (χ2v) is 6.33. The number of thiophene rings is 1. The number of nitrogens with zero attached hydrogens (tertiary/aromatic N) is 1. The lowest BCUT2D eigenvalue weighted by Gasteiger charge is -2.27. The van der Waals surface area contributed by atoms with Gasteiger partial charge in [0, 0.05) is 29.7 Å². The van der Waals surface area contributed by atoms with E-state index in [2.05, 4.69) is 16.8 Å². The third-order valence-corrected chi connectivity index (χ3v) is 4.91. The summed E-state index contributed by atoms with van der Waals surface area (Å²) in [6, 6.07) is 7.51. The van der Waals surface area contributed by atoms with Crippen LogP contribution in [0.1, 0.15) is 10.4 Å². The smallest absolute Gasteiger partial charge is 0.322 e. The summed E-state index contributed by atoms with van der Waals surface area (Å²) in [6.45, 7) is 2.53. The molecule has 114 valence electrons. The van der Waals surface area contributed by atoms with Crippen LogP contribution < -0.4 is 14.8 Å². The minimum atomic E-state index is -0.0754. The van der Waals surface area contributed by atoms with Crippen LogP contribution >= 0.6 is 11.3 Å². The molecule has 4 rings (SSSR count). The molecule has 0 aliphatic carbocycles. The van der Waals surface area contributed by atoms with E-state index in [9.17, 15) is 4.79 Å². The van der Waals surface area contributed by atoms with Crippen molar-refractivity contribution in [3.63, 3.8) is 0 Å². The largest absolute Gasteiger partial charge is 0.486 e. The van der Waals surface area contributed by atoms with E-state index in [1.54, 1.807) is 11.3 Å². The zero-order chi connectivity index (χ0) is 14.9. The highest BCUT2D eigenvalue weighted by atomic mass is 32.1. The van der Waals surface area contributed by atoms with Crippen molar-refractivity contribution in [1.29, 1.82) is 0 Å². The third kappa shape index (κ3) is 2.50. The Hall–Kier alpha value is -2.21. The maximum Gasteiger partial charge on any atom is 0.322 e. The molecule has 2 amide bonds. The van der Waals surface area contributed by atoms with E-state index in [0.29, 0.717) is 25.5 Å². The van der Waals surface area contributed by atoms with E-state index in [1.165, 1.54) is 10.4 Å². The molecule has 0 atom stereocenters. The number of hydrogen-bond acceptors (Lipinski definition) is 4. The number of hydrogen-bond donors (Lipinski definition) is 1. The van der Waals surface area contributed by atoms with Crippen molar-refractivity contribution >= 4 is 23.1 Å². The molecule has 0 radical (unpaired) electrons. The summed E-state index contributed by atoms with van der Waals surface area (Å²) < 4.78 is 11.0. The van der Waals surface area contributed by atoms with Crippen LogP contribution in [0.3, 0.4) is 0 Å².